The molecule has 1 aliphatic heterocycles. The van der Waals surface area contributed by atoms with Crippen molar-refractivity contribution in [3.63, 3.8) is 0 Å². The zero-order valence-electron chi connectivity index (χ0n) is 23.0. The molecule has 0 fully saturated rings. The summed E-state index contributed by atoms with van der Waals surface area (Å²) in [7, 11) is -4.15. The second kappa shape index (κ2) is 13.5. The number of imide groups is 1. The third kappa shape index (κ3) is 6.58. The van der Waals surface area contributed by atoms with E-state index in [2.05, 4.69) is 63.7 Å². The van der Waals surface area contributed by atoms with Gasteiger partial charge in [0.25, 0.3) is 17.7 Å². The van der Waals surface area contributed by atoms with E-state index in [1.54, 1.807) is 12.1 Å². The number of Topliss-reactive ketones (excluding diaryl/α,β-unsaturated/α-hetero) is 1. The van der Waals surface area contributed by atoms with Crippen molar-refractivity contribution < 1.29 is 31.8 Å². The topological polar surface area (TPSA) is 118 Å². The van der Waals surface area contributed by atoms with Gasteiger partial charge in [-0.2, -0.15) is 13.4 Å². The molecular weight excluding hydrogens is 923 g/mol. The first-order valence-electron chi connectivity index (χ1n) is 12.8. The van der Waals surface area contributed by atoms with Crippen LogP contribution in [0.25, 0.3) is 0 Å². The highest BCUT2D eigenvalue weighted by molar-refractivity contribution is 9.15. The van der Waals surface area contributed by atoms with Crippen LogP contribution < -0.4 is 4.18 Å². The molecule has 4 aromatic carbocycles. The summed E-state index contributed by atoms with van der Waals surface area (Å²) in [6, 6.07) is 15.2. The van der Waals surface area contributed by atoms with Crippen molar-refractivity contribution in [3.05, 3.63) is 122 Å². The molecule has 0 aliphatic carbocycles. The summed E-state index contributed by atoms with van der Waals surface area (Å²) in [6.07, 6.45) is 0. The quantitative estimate of drug-likeness (QED) is 0.0571. The molecule has 0 radical (unpaired) electrons. The number of nitrogens with zero attached hydrogens (tertiary/aromatic N) is 2. The van der Waals surface area contributed by atoms with E-state index < -0.39 is 40.2 Å². The molecular formula is C30H16Br4Cl2N2O7S. The van der Waals surface area contributed by atoms with Gasteiger partial charge >= 0.3 is 10.1 Å². The Kier molecular flexibility index (Phi) is 10.2. The maximum Gasteiger partial charge on any atom is 0.339 e. The zero-order chi connectivity index (χ0) is 33.7. The number of amides is 3. The van der Waals surface area contributed by atoms with Crippen LogP contribution in [0.3, 0.4) is 0 Å². The van der Waals surface area contributed by atoms with Gasteiger partial charge in [-0.25, -0.2) is 5.01 Å². The number of ketones is 1. The van der Waals surface area contributed by atoms with Crippen LogP contribution in [0.5, 0.6) is 5.75 Å². The number of halogens is 6. The third-order valence-corrected chi connectivity index (χ3v) is 13.5. The highest BCUT2D eigenvalue weighted by atomic mass is 79.9. The summed E-state index contributed by atoms with van der Waals surface area (Å²) in [6.45, 7) is 1.06. The van der Waals surface area contributed by atoms with Crippen LogP contribution in [0.2, 0.25) is 10.0 Å². The molecule has 0 N–H and O–H groups in total. The van der Waals surface area contributed by atoms with E-state index in [1.807, 2.05) is 6.92 Å². The molecule has 0 unspecified atom stereocenters. The highest BCUT2D eigenvalue weighted by Gasteiger charge is 2.46. The van der Waals surface area contributed by atoms with Crippen LogP contribution in [0.15, 0.2) is 89.5 Å². The Morgan fingerprint density at radius 3 is 1.80 bits per heavy atom. The first kappa shape index (κ1) is 34.7. The predicted octanol–water partition coefficient (Wildman–Crippen LogP) is 8.66. The lowest BCUT2D eigenvalue weighted by Crippen LogP contribution is -2.51. The van der Waals surface area contributed by atoms with Crippen LogP contribution in [-0.4, -0.2) is 48.5 Å². The normalized spacial score (nSPS) is 12.7. The number of carbonyl (C=O) groups is 4. The van der Waals surface area contributed by atoms with Crippen molar-refractivity contribution in [3.8, 4) is 5.75 Å². The van der Waals surface area contributed by atoms with Crippen molar-refractivity contribution in [1.29, 1.82) is 0 Å². The van der Waals surface area contributed by atoms with E-state index in [0.717, 1.165) is 10.6 Å². The van der Waals surface area contributed by atoms with Gasteiger partial charge in [0.1, 0.15) is 17.2 Å². The van der Waals surface area contributed by atoms with Gasteiger partial charge in [0, 0.05) is 29.0 Å². The molecule has 5 rings (SSSR count). The third-order valence-electron chi connectivity index (χ3n) is 6.71. The molecule has 0 bridgehead atoms. The predicted molar refractivity (Wildman–Crippen MR) is 185 cm³/mol. The van der Waals surface area contributed by atoms with Gasteiger partial charge in [-0.15, -0.1) is 0 Å². The van der Waals surface area contributed by atoms with E-state index >= 15 is 0 Å². The molecule has 4 aromatic rings. The smallest absolute Gasteiger partial charge is 0.339 e. The lowest BCUT2D eigenvalue weighted by atomic mass is 10.1. The molecule has 0 saturated heterocycles. The number of hydrazine groups is 1. The average molecular weight is 939 g/mol. The van der Waals surface area contributed by atoms with Gasteiger partial charge < -0.3 is 4.18 Å². The number of carbonyl (C=O) groups excluding carboxylic acids is 4. The molecule has 46 heavy (non-hydrogen) atoms. The number of fused-ring (bicyclic) bond motifs is 1. The first-order chi connectivity index (χ1) is 21.6. The fourth-order valence-electron chi connectivity index (χ4n) is 4.37. The van der Waals surface area contributed by atoms with E-state index in [0.29, 0.717) is 14.0 Å². The SMILES string of the molecule is Cc1ccc(S(=O)(=O)Oc2ccc(C(=O)CN(C(=O)c3ccc(Cl)c(Cl)c3)N3C(=O)c4c(Br)c(Br)c(Br)c(Br)c4C3=O)cc2)cc1. The average Bonchev–Trinajstić information content (AvgIpc) is 3.28. The summed E-state index contributed by atoms with van der Waals surface area (Å²) in [5.41, 5.74) is 0.779. The van der Waals surface area contributed by atoms with E-state index in [4.69, 9.17) is 27.4 Å². The van der Waals surface area contributed by atoms with Crippen LogP contribution in [0, 0.1) is 6.92 Å². The van der Waals surface area contributed by atoms with Crippen LogP contribution >= 0.6 is 86.9 Å². The van der Waals surface area contributed by atoms with Gasteiger partial charge in [0.2, 0.25) is 0 Å². The molecule has 16 heteroatoms. The monoisotopic (exact) mass is 934 g/mol. The Morgan fingerprint density at radius 2 is 1.28 bits per heavy atom. The van der Waals surface area contributed by atoms with Crippen molar-refractivity contribution in [1.82, 2.24) is 10.0 Å². The van der Waals surface area contributed by atoms with Gasteiger partial charge in [-0.1, -0.05) is 40.9 Å². The Balaban J connectivity index is 1.48. The van der Waals surface area contributed by atoms with Crippen molar-refractivity contribution in [2.45, 2.75) is 11.8 Å². The molecule has 0 aromatic heterocycles. The number of hydrogen-bond acceptors (Lipinski definition) is 7. The zero-order valence-corrected chi connectivity index (χ0v) is 31.7. The Hall–Kier alpha value is -2.59. The van der Waals surface area contributed by atoms with E-state index in [-0.39, 0.29) is 51.9 Å². The van der Waals surface area contributed by atoms with Gasteiger partial charge in [-0.3, -0.25) is 19.2 Å². The fraction of sp³-hybridized carbons (Fsp3) is 0.0667. The number of rotatable bonds is 8. The number of benzene rings is 4. The molecule has 0 atom stereocenters. The van der Waals surface area contributed by atoms with Crippen LogP contribution in [0.1, 0.15) is 47.0 Å². The van der Waals surface area contributed by atoms with Crippen molar-refractivity contribution >= 4 is 121 Å². The van der Waals surface area contributed by atoms with Gasteiger partial charge in [0.05, 0.1) is 21.2 Å². The Labute approximate surface area is 306 Å². The largest absolute Gasteiger partial charge is 0.379 e. The summed E-state index contributed by atoms with van der Waals surface area (Å²) >= 11 is 25.6. The highest BCUT2D eigenvalue weighted by Crippen LogP contribution is 2.45. The standard InChI is InChI=1S/C30H16Br4Cl2N2O7S/c1-14-2-9-18(10-3-14)46(43,44)45-17-7-4-15(5-8-17)21(39)13-37(28(40)16-6-11-19(35)20(36)12-16)38-29(41)22-23(30(38)42)25(32)27(34)26(33)24(22)31/h2-12H,13H2,1H3. The lowest BCUT2D eigenvalue weighted by molar-refractivity contribution is 0.00527. The molecule has 0 spiro atoms. The summed E-state index contributed by atoms with van der Waals surface area (Å²) < 4.78 is 32.0. The van der Waals surface area contributed by atoms with Crippen molar-refractivity contribution in [2.24, 2.45) is 0 Å². The Bertz CT molecular complexity index is 2030. The Morgan fingerprint density at radius 1 is 0.761 bits per heavy atom. The maximum absolute atomic E-state index is 13.9. The number of hydrogen-bond donors (Lipinski definition) is 0. The maximum atomic E-state index is 13.9. The molecule has 3 amide bonds. The molecule has 9 nitrogen and oxygen atoms in total. The molecule has 1 heterocycles. The van der Waals surface area contributed by atoms with Crippen molar-refractivity contribution in [2.75, 3.05) is 6.54 Å². The minimum absolute atomic E-state index is 0.0377. The van der Waals surface area contributed by atoms with E-state index in [9.17, 15) is 27.6 Å². The number of aryl methyl sites for hydroxylation is 1. The first-order valence-corrected chi connectivity index (χ1v) is 18.1. The minimum Gasteiger partial charge on any atom is -0.379 e. The molecule has 236 valence electrons. The van der Waals surface area contributed by atoms with Crippen LogP contribution in [-0.2, 0) is 10.1 Å². The van der Waals surface area contributed by atoms with Crippen LogP contribution in [0.4, 0.5) is 0 Å². The second-order valence-electron chi connectivity index (χ2n) is 9.72. The summed E-state index contributed by atoms with van der Waals surface area (Å²) in [5.74, 6) is -3.37. The van der Waals surface area contributed by atoms with Gasteiger partial charge in [0.15, 0.2) is 5.78 Å². The summed E-state index contributed by atoms with van der Waals surface area (Å²) in [4.78, 5) is 54.9. The lowest BCUT2D eigenvalue weighted by Gasteiger charge is -2.29. The molecule has 1 aliphatic rings. The molecule has 0 saturated carbocycles. The summed E-state index contributed by atoms with van der Waals surface area (Å²) in [5, 5.41) is 1.51. The second-order valence-corrected chi connectivity index (χ2v) is 15.3. The fourth-order valence-corrected chi connectivity index (χ4v) is 8.06. The minimum atomic E-state index is -4.15. The van der Waals surface area contributed by atoms with E-state index in [1.165, 1.54) is 54.6 Å². The van der Waals surface area contributed by atoms with Gasteiger partial charge in [-0.05, 0) is 125 Å².